The topological polar surface area (TPSA) is 89.8 Å². The quantitative estimate of drug-likeness (QED) is 0.329. The molecule has 1 heterocycles. The molecule has 1 atom stereocenters. The van der Waals surface area contributed by atoms with Gasteiger partial charge in [-0.2, -0.15) is 13.2 Å². The standard InChI is InChI=1S/C17H12ClF3N2O5/c1-28-15(24)11-5-10-8(4-13(11)23(26)27)2-3-12-14(10)9(6-18)7-22(12)16(25)17(19,20)21/h2-5,9H,6-7H2,1H3. The molecule has 7 nitrogen and oxygen atoms in total. The molecule has 0 N–H and O–H groups in total. The normalized spacial score (nSPS) is 16.2. The number of hydrogen-bond acceptors (Lipinski definition) is 5. The van der Waals surface area contributed by atoms with Gasteiger partial charge in [0.15, 0.2) is 0 Å². The van der Waals surface area contributed by atoms with E-state index in [2.05, 4.69) is 4.74 Å². The third-order valence-electron chi connectivity index (χ3n) is 4.53. The Hall–Kier alpha value is -2.88. The van der Waals surface area contributed by atoms with Crippen LogP contribution in [0.25, 0.3) is 10.8 Å². The SMILES string of the molecule is COC(=O)c1cc2c3c(ccc2cc1[N+](=O)[O-])N(C(=O)C(F)(F)F)CC3CCl. The van der Waals surface area contributed by atoms with E-state index < -0.39 is 34.6 Å². The number of esters is 1. The molecule has 3 rings (SSSR count). The van der Waals surface area contributed by atoms with Crippen LogP contribution in [-0.4, -0.2) is 42.5 Å². The summed E-state index contributed by atoms with van der Waals surface area (Å²) in [4.78, 5) is 34.9. The minimum absolute atomic E-state index is 0.00476. The number of carbonyl (C=O) groups is 2. The van der Waals surface area contributed by atoms with Gasteiger partial charge in [-0.05, 0) is 28.5 Å². The summed E-state index contributed by atoms with van der Waals surface area (Å²) >= 11 is 5.91. The first-order valence-electron chi connectivity index (χ1n) is 7.88. The summed E-state index contributed by atoms with van der Waals surface area (Å²) < 4.78 is 43.4. The van der Waals surface area contributed by atoms with Crippen LogP contribution in [-0.2, 0) is 9.53 Å². The van der Waals surface area contributed by atoms with E-state index in [9.17, 15) is 32.9 Å². The van der Waals surface area contributed by atoms with E-state index in [-0.39, 0.29) is 23.7 Å². The molecule has 1 unspecified atom stereocenters. The molecule has 2 aromatic rings. The largest absolute Gasteiger partial charge is 0.471 e. The zero-order chi connectivity index (χ0) is 20.8. The van der Waals surface area contributed by atoms with Crippen LogP contribution in [0.15, 0.2) is 24.3 Å². The number of anilines is 1. The number of nitro benzene ring substituents is 1. The molecule has 0 aliphatic carbocycles. The van der Waals surface area contributed by atoms with Gasteiger partial charge in [-0.3, -0.25) is 14.9 Å². The van der Waals surface area contributed by atoms with E-state index in [4.69, 9.17) is 11.6 Å². The molecule has 0 radical (unpaired) electrons. The predicted molar refractivity (Wildman–Crippen MR) is 93.8 cm³/mol. The second-order valence-electron chi connectivity index (χ2n) is 6.10. The van der Waals surface area contributed by atoms with Crippen LogP contribution in [0.2, 0.25) is 0 Å². The highest BCUT2D eigenvalue weighted by Crippen LogP contribution is 2.44. The van der Waals surface area contributed by atoms with Gasteiger partial charge in [-0.1, -0.05) is 6.07 Å². The van der Waals surface area contributed by atoms with Crippen molar-refractivity contribution in [3.63, 3.8) is 0 Å². The van der Waals surface area contributed by atoms with E-state index in [0.29, 0.717) is 21.2 Å². The summed E-state index contributed by atoms with van der Waals surface area (Å²) in [6.07, 6.45) is -5.07. The van der Waals surface area contributed by atoms with Gasteiger partial charge in [0.25, 0.3) is 5.69 Å². The van der Waals surface area contributed by atoms with Crippen molar-refractivity contribution in [1.82, 2.24) is 0 Å². The molecule has 0 aromatic heterocycles. The monoisotopic (exact) mass is 416 g/mol. The van der Waals surface area contributed by atoms with Crippen molar-refractivity contribution in [2.45, 2.75) is 12.1 Å². The summed E-state index contributed by atoms with van der Waals surface area (Å²) in [6, 6.07) is 4.98. The number of methoxy groups -OCH3 is 1. The van der Waals surface area contributed by atoms with E-state index in [1.807, 2.05) is 0 Å². The van der Waals surface area contributed by atoms with Gasteiger partial charge in [0.2, 0.25) is 0 Å². The lowest BCUT2D eigenvalue weighted by molar-refractivity contribution is -0.385. The highest BCUT2D eigenvalue weighted by Gasteiger charge is 2.47. The molecule has 1 amide bonds. The van der Waals surface area contributed by atoms with Crippen molar-refractivity contribution in [3.8, 4) is 0 Å². The van der Waals surface area contributed by atoms with Gasteiger partial charge >= 0.3 is 18.1 Å². The maximum atomic E-state index is 12.9. The van der Waals surface area contributed by atoms with Crippen LogP contribution >= 0.6 is 11.6 Å². The Labute approximate surface area is 160 Å². The highest BCUT2D eigenvalue weighted by atomic mass is 35.5. The number of halogens is 4. The summed E-state index contributed by atoms with van der Waals surface area (Å²) in [5, 5.41) is 11.9. The number of benzene rings is 2. The van der Waals surface area contributed by atoms with Gasteiger partial charge < -0.3 is 9.64 Å². The molecule has 11 heteroatoms. The number of hydrogen-bond donors (Lipinski definition) is 0. The van der Waals surface area contributed by atoms with Gasteiger partial charge in [0.1, 0.15) is 5.56 Å². The lowest BCUT2D eigenvalue weighted by atomic mass is 9.94. The summed E-state index contributed by atoms with van der Waals surface area (Å²) in [5.74, 6) is -3.72. The Morgan fingerprint density at radius 3 is 2.57 bits per heavy atom. The fourth-order valence-corrected chi connectivity index (χ4v) is 3.59. The Morgan fingerprint density at radius 1 is 1.36 bits per heavy atom. The number of amides is 1. The number of fused-ring (bicyclic) bond motifs is 3. The first-order valence-corrected chi connectivity index (χ1v) is 8.41. The van der Waals surface area contributed by atoms with Crippen molar-refractivity contribution in [1.29, 1.82) is 0 Å². The van der Waals surface area contributed by atoms with Crippen molar-refractivity contribution in [2.24, 2.45) is 0 Å². The molecular formula is C17H12ClF3N2O5. The van der Waals surface area contributed by atoms with E-state index in [0.717, 1.165) is 13.2 Å². The number of nitro groups is 1. The maximum Gasteiger partial charge on any atom is 0.471 e. The average molecular weight is 417 g/mol. The minimum atomic E-state index is -5.07. The molecule has 0 spiro atoms. The van der Waals surface area contributed by atoms with Crippen LogP contribution in [0.3, 0.4) is 0 Å². The third-order valence-corrected chi connectivity index (χ3v) is 4.91. The minimum Gasteiger partial charge on any atom is -0.465 e. The Kier molecular flexibility index (Phi) is 4.92. The third kappa shape index (κ3) is 3.13. The second kappa shape index (κ2) is 6.93. The van der Waals surface area contributed by atoms with Crippen LogP contribution in [0.4, 0.5) is 24.5 Å². The molecule has 0 saturated heterocycles. The van der Waals surface area contributed by atoms with Gasteiger partial charge in [0, 0.05) is 30.1 Å². The van der Waals surface area contributed by atoms with Crippen molar-refractivity contribution in [2.75, 3.05) is 24.4 Å². The number of ether oxygens (including phenoxy) is 1. The Balaban J connectivity index is 2.29. The van der Waals surface area contributed by atoms with Gasteiger partial charge in [-0.15, -0.1) is 11.6 Å². The van der Waals surface area contributed by atoms with E-state index in [1.54, 1.807) is 0 Å². The fraction of sp³-hybridized carbons (Fsp3) is 0.294. The first-order chi connectivity index (χ1) is 13.1. The van der Waals surface area contributed by atoms with Gasteiger partial charge in [0.05, 0.1) is 12.0 Å². The van der Waals surface area contributed by atoms with Crippen molar-refractivity contribution >= 4 is 45.6 Å². The summed E-state index contributed by atoms with van der Waals surface area (Å²) in [5.41, 5.74) is -0.513. The van der Waals surface area contributed by atoms with Crippen molar-refractivity contribution < 1.29 is 32.4 Å². The van der Waals surface area contributed by atoms with Crippen LogP contribution in [0, 0.1) is 10.1 Å². The van der Waals surface area contributed by atoms with E-state index in [1.165, 1.54) is 18.2 Å². The van der Waals surface area contributed by atoms with Crippen LogP contribution in [0.5, 0.6) is 0 Å². The molecule has 28 heavy (non-hydrogen) atoms. The molecule has 148 valence electrons. The summed E-state index contributed by atoms with van der Waals surface area (Å²) in [6.45, 7) is -0.291. The molecule has 0 bridgehead atoms. The molecule has 1 aliphatic rings. The number of carbonyl (C=O) groups excluding carboxylic acids is 2. The molecule has 0 fully saturated rings. The highest BCUT2D eigenvalue weighted by molar-refractivity contribution is 6.19. The zero-order valence-electron chi connectivity index (χ0n) is 14.2. The number of nitrogens with zero attached hydrogens (tertiary/aromatic N) is 2. The lowest BCUT2D eigenvalue weighted by Crippen LogP contribution is -2.40. The van der Waals surface area contributed by atoms with E-state index >= 15 is 0 Å². The lowest BCUT2D eigenvalue weighted by Gasteiger charge is -2.19. The Bertz CT molecular complexity index is 1010. The average Bonchev–Trinajstić information content (AvgIpc) is 3.03. The second-order valence-corrected chi connectivity index (χ2v) is 6.41. The predicted octanol–water partition coefficient (Wildman–Crippen LogP) is 3.77. The zero-order valence-corrected chi connectivity index (χ0v) is 15.0. The Morgan fingerprint density at radius 2 is 2.04 bits per heavy atom. The van der Waals surface area contributed by atoms with Crippen LogP contribution < -0.4 is 4.90 Å². The molecule has 2 aromatic carbocycles. The van der Waals surface area contributed by atoms with Gasteiger partial charge in [-0.25, -0.2) is 4.79 Å². The van der Waals surface area contributed by atoms with Crippen molar-refractivity contribution in [3.05, 3.63) is 45.5 Å². The smallest absolute Gasteiger partial charge is 0.465 e. The maximum absolute atomic E-state index is 12.9. The number of alkyl halides is 4. The molecule has 1 aliphatic heterocycles. The molecular weight excluding hydrogens is 405 g/mol. The first kappa shape index (κ1) is 19.9. The molecule has 0 saturated carbocycles. The van der Waals surface area contributed by atoms with Crippen LogP contribution in [0.1, 0.15) is 21.8 Å². The summed E-state index contributed by atoms with van der Waals surface area (Å²) in [7, 11) is 1.05. The number of rotatable bonds is 3. The fourth-order valence-electron chi connectivity index (χ4n) is 3.34.